The van der Waals surface area contributed by atoms with Gasteiger partial charge in [-0.3, -0.25) is 9.05 Å². The second-order valence-electron chi connectivity index (χ2n) is 5.10. The molecule has 3 rings (SSSR count). The van der Waals surface area contributed by atoms with Gasteiger partial charge in [-0.1, -0.05) is 30.3 Å². The molecular weight excluding hydrogens is 287 g/mol. The van der Waals surface area contributed by atoms with Crippen molar-refractivity contribution in [3.63, 3.8) is 0 Å². The van der Waals surface area contributed by atoms with Crippen molar-refractivity contribution in [2.24, 2.45) is 0 Å². The topological polar surface area (TPSA) is 44.8 Å². The van der Waals surface area contributed by atoms with Gasteiger partial charge in [-0.25, -0.2) is 4.57 Å². The Hall–Kier alpha value is -1.61. The number of phosphoric acid groups is 1. The minimum atomic E-state index is -3.59. The first kappa shape index (κ1) is 14.3. The van der Waals surface area contributed by atoms with Crippen LogP contribution in [0.4, 0.5) is 0 Å². The lowest BCUT2D eigenvalue weighted by atomic mass is 10.0. The molecule has 0 amide bonds. The molecule has 0 atom stereocenters. The molecule has 0 fully saturated rings. The average Bonchev–Trinajstić information content (AvgIpc) is 2.62. The van der Waals surface area contributed by atoms with Gasteiger partial charge >= 0.3 is 7.82 Å². The minimum absolute atomic E-state index is 0.223. The minimum Gasteiger partial charge on any atom is -0.404 e. The largest absolute Gasteiger partial charge is 0.530 e. The fourth-order valence-corrected chi connectivity index (χ4v) is 3.36. The highest BCUT2D eigenvalue weighted by atomic mass is 31.2. The van der Waals surface area contributed by atoms with E-state index >= 15 is 0 Å². The zero-order valence-corrected chi connectivity index (χ0v) is 12.9. The first-order valence-corrected chi connectivity index (χ1v) is 8.24. The molecule has 1 heterocycles. The Morgan fingerprint density at radius 2 is 1.48 bits per heavy atom. The van der Waals surface area contributed by atoms with Gasteiger partial charge in [0, 0.05) is 0 Å². The number of fused-ring (bicyclic) bond motifs is 1. The SMILES string of the molecule is Cc1cc2c(cc1C)COP(=O)(Oc1ccccc1)OC2. The third-order valence-electron chi connectivity index (χ3n) is 3.53. The van der Waals surface area contributed by atoms with Crippen molar-refractivity contribution in [3.8, 4) is 5.75 Å². The standard InChI is InChI=1S/C16H17O4P/c1-12-8-14-10-18-21(17,19-11-15(14)9-13(12)2)20-16-6-4-3-5-7-16/h3-9H,10-11H2,1-2H3. The van der Waals surface area contributed by atoms with Gasteiger partial charge < -0.3 is 4.52 Å². The van der Waals surface area contributed by atoms with E-state index in [2.05, 4.69) is 0 Å². The fraction of sp³-hybridized carbons (Fsp3) is 0.250. The van der Waals surface area contributed by atoms with E-state index in [4.69, 9.17) is 13.6 Å². The van der Waals surface area contributed by atoms with Crippen molar-refractivity contribution in [3.05, 3.63) is 64.7 Å². The molecule has 0 aromatic heterocycles. The number of hydrogen-bond donors (Lipinski definition) is 0. The van der Waals surface area contributed by atoms with Gasteiger partial charge in [0.2, 0.25) is 0 Å². The Bertz CT molecular complexity index is 660. The van der Waals surface area contributed by atoms with Gasteiger partial charge in [0.1, 0.15) is 5.75 Å². The van der Waals surface area contributed by atoms with Crippen LogP contribution in [0.3, 0.4) is 0 Å². The maximum atomic E-state index is 12.6. The number of aryl methyl sites for hydroxylation is 2. The van der Waals surface area contributed by atoms with Gasteiger partial charge in [0.25, 0.3) is 0 Å². The van der Waals surface area contributed by atoms with Crippen LogP contribution >= 0.6 is 7.82 Å². The van der Waals surface area contributed by atoms with Crippen LogP contribution in [-0.2, 0) is 26.8 Å². The molecular formula is C16H17O4P. The third kappa shape index (κ3) is 3.18. The third-order valence-corrected chi connectivity index (χ3v) is 4.86. The summed E-state index contributed by atoms with van der Waals surface area (Å²) >= 11 is 0. The quantitative estimate of drug-likeness (QED) is 0.764. The van der Waals surface area contributed by atoms with Crippen molar-refractivity contribution in [2.45, 2.75) is 27.1 Å². The number of benzene rings is 2. The van der Waals surface area contributed by atoms with E-state index in [1.165, 1.54) is 11.1 Å². The lowest BCUT2D eigenvalue weighted by molar-refractivity contribution is 0.155. The van der Waals surface area contributed by atoms with E-state index in [1.54, 1.807) is 24.3 Å². The summed E-state index contributed by atoms with van der Waals surface area (Å²) in [6.07, 6.45) is 0. The normalized spacial score (nSPS) is 16.9. The molecule has 0 aliphatic carbocycles. The summed E-state index contributed by atoms with van der Waals surface area (Å²) in [5.41, 5.74) is 4.34. The van der Waals surface area contributed by atoms with Crippen molar-refractivity contribution in [1.29, 1.82) is 0 Å². The zero-order valence-electron chi connectivity index (χ0n) is 12.0. The van der Waals surface area contributed by atoms with Gasteiger partial charge in [0.15, 0.2) is 0 Å². The van der Waals surface area contributed by atoms with Crippen LogP contribution in [0.5, 0.6) is 5.75 Å². The second kappa shape index (κ2) is 5.64. The highest BCUT2D eigenvalue weighted by Crippen LogP contribution is 2.52. The van der Waals surface area contributed by atoms with Crippen molar-refractivity contribution < 1.29 is 18.1 Å². The highest BCUT2D eigenvalue weighted by Gasteiger charge is 2.32. The molecule has 0 saturated carbocycles. The average molecular weight is 304 g/mol. The second-order valence-corrected chi connectivity index (χ2v) is 6.70. The Balaban J connectivity index is 1.82. The summed E-state index contributed by atoms with van der Waals surface area (Å²) in [6, 6.07) is 13.0. The van der Waals surface area contributed by atoms with Gasteiger partial charge in [-0.05, 0) is 48.2 Å². The molecule has 0 spiro atoms. The lowest BCUT2D eigenvalue weighted by Gasteiger charge is -2.15. The summed E-state index contributed by atoms with van der Waals surface area (Å²) < 4.78 is 28.9. The Morgan fingerprint density at radius 1 is 0.952 bits per heavy atom. The van der Waals surface area contributed by atoms with Crippen LogP contribution in [0.1, 0.15) is 22.3 Å². The maximum absolute atomic E-state index is 12.6. The first-order chi connectivity index (χ1) is 10.1. The van der Waals surface area contributed by atoms with Gasteiger partial charge in [-0.2, -0.15) is 0 Å². The molecule has 5 heteroatoms. The number of hydrogen-bond acceptors (Lipinski definition) is 4. The Morgan fingerprint density at radius 3 is 2.00 bits per heavy atom. The predicted molar refractivity (Wildman–Crippen MR) is 80.2 cm³/mol. The molecule has 4 nitrogen and oxygen atoms in total. The van der Waals surface area contributed by atoms with Crippen molar-refractivity contribution in [2.75, 3.05) is 0 Å². The molecule has 0 N–H and O–H groups in total. The fourth-order valence-electron chi connectivity index (χ4n) is 2.20. The zero-order chi connectivity index (χ0) is 14.9. The lowest BCUT2D eigenvalue weighted by Crippen LogP contribution is -1.98. The molecule has 21 heavy (non-hydrogen) atoms. The van der Waals surface area contributed by atoms with E-state index in [0.29, 0.717) is 5.75 Å². The molecule has 0 saturated heterocycles. The molecule has 110 valence electrons. The van der Waals surface area contributed by atoms with Crippen LogP contribution in [0.2, 0.25) is 0 Å². The number of para-hydroxylation sites is 1. The maximum Gasteiger partial charge on any atom is 0.530 e. The van der Waals surface area contributed by atoms with Crippen LogP contribution in [0, 0.1) is 13.8 Å². The van der Waals surface area contributed by atoms with E-state index in [-0.39, 0.29) is 13.2 Å². The summed E-state index contributed by atoms with van der Waals surface area (Å²) in [5, 5.41) is 0. The van der Waals surface area contributed by atoms with Crippen LogP contribution < -0.4 is 4.52 Å². The molecule has 1 aliphatic heterocycles. The monoisotopic (exact) mass is 304 g/mol. The summed E-state index contributed by atoms with van der Waals surface area (Å²) in [6.45, 7) is 4.53. The Kier molecular flexibility index (Phi) is 3.85. The van der Waals surface area contributed by atoms with E-state index in [1.807, 2.05) is 32.0 Å². The first-order valence-electron chi connectivity index (χ1n) is 6.78. The molecule has 0 unspecified atom stereocenters. The van der Waals surface area contributed by atoms with E-state index in [9.17, 15) is 4.57 Å². The van der Waals surface area contributed by atoms with Gasteiger partial charge in [-0.15, -0.1) is 0 Å². The smallest absolute Gasteiger partial charge is 0.404 e. The van der Waals surface area contributed by atoms with Crippen molar-refractivity contribution in [1.82, 2.24) is 0 Å². The van der Waals surface area contributed by atoms with E-state index in [0.717, 1.165) is 11.1 Å². The molecule has 1 aliphatic rings. The van der Waals surface area contributed by atoms with E-state index < -0.39 is 7.82 Å². The number of phosphoric ester groups is 1. The van der Waals surface area contributed by atoms with Crippen LogP contribution in [0.25, 0.3) is 0 Å². The van der Waals surface area contributed by atoms with Crippen molar-refractivity contribution >= 4 is 7.82 Å². The predicted octanol–water partition coefficient (Wildman–Crippen LogP) is 4.54. The summed E-state index contributed by atoms with van der Waals surface area (Å²) in [4.78, 5) is 0. The molecule has 0 bridgehead atoms. The summed E-state index contributed by atoms with van der Waals surface area (Å²) in [7, 11) is -3.59. The van der Waals surface area contributed by atoms with Gasteiger partial charge in [0.05, 0.1) is 13.2 Å². The summed E-state index contributed by atoms with van der Waals surface area (Å²) in [5.74, 6) is 0.471. The highest BCUT2D eigenvalue weighted by molar-refractivity contribution is 7.48. The molecule has 2 aromatic rings. The number of rotatable bonds is 2. The molecule has 0 radical (unpaired) electrons. The van der Waals surface area contributed by atoms with Crippen LogP contribution in [-0.4, -0.2) is 0 Å². The molecule has 2 aromatic carbocycles. The Labute approximate surface area is 124 Å². The van der Waals surface area contributed by atoms with Crippen LogP contribution in [0.15, 0.2) is 42.5 Å².